The van der Waals surface area contributed by atoms with Crippen molar-refractivity contribution in [1.82, 2.24) is 9.88 Å². The van der Waals surface area contributed by atoms with Gasteiger partial charge in [0.2, 0.25) is 5.91 Å². The Balaban J connectivity index is 1.18. The maximum atomic E-state index is 13.6. The number of primary amides is 1. The van der Waals surface area contributed by atoms with E-state index in [1.54, 1.807) is 37.4 Å². The van der Waals surface area contributed by atoms with Gasteiger partial charge in [-0.3, -0.25) is 9.69 Å². The van der Waals surface area contributed by atoms with Gasteiger partial charge in [-0.25, -0.2) is 9.37 Å². The van der Waals surface area contributed by atoms with E-state index in [1.165, 1.54) is 12.1 Å². The highest BCUT2D eigenvalue weighted by Gasteiger charge is 2.44. The Morgan fingerprint density at radius 2 is 1.90 bits per heavy atom. The van der Waals surface area contributed by atoms with Crippen LogP contribution < -0.4 is 15.2 Å². The van der Waals surface area contributed by atoms with Crippen LogP contribution in [0.15, 0.2) is 59.0 Å². The van der Waals surface area contributed by atoms with E-state index >= 15 is 0 Å². The van der Waals surface area contributed by atoms with Crippen molar-refractivity contribution >= 4 is 17.0 Å². The number of oxazole rings is 1. The van der Waals surface area contributed by atoms with Gasteiger partial charge in [-0.15, -0.1) is 0 Å². The molecule has 6 rings (SSSR count). The van der Waals surface area contributed by atoms with E-state index in [1.807, 2.05) is 6.92 Å². The maximum Gasteiger partial charge on any atom is 0.248 e. The number of halogens is 1. The summed E-state index contributed by atoms with van der Waals surface area (Å²) in [5.41, 5.74) is 10.1. The molecule has 1 amide bonds. The average Bonchev–Trinajstić information content (AvgIpc) is 3.65. The Morgan fingerprint density at radius 3 is 2.65 bits per heavy atom. The van der Waals surface area contributed by atoms with Gasteiger partial charge < -0.3 is 19.6 Å². The molecule has 3 aromatic carbocycles. The third-order valence-corrected chi connectivity index (χ3v) is 8.47. The SMILES string of the molecule is CCOc1cc(CN2CC[C@H]3C(Cc4nc5cc(C(N)=O)ccc5o4)CC[C@H]32)cc(OC)c1-c1ccc(F)cc1. The van der Waals surface area contributed by atoms with Gasteiger partial charge in [0.05, 0.1) is 19.3 Å². The molecular formula is C32H34FN3O4. The van der Waals surface area contributed by atoms with E-state index < -0.39 is 5.91 Å². The number of ether oxygens (including phenoxy) is 2. The van der Waals surface area contributed by atoms with E-state index in [0.717, 1.165) is 72.9 Å². The van der Waals surface area contributed by atoms with Crippen LogP contribution in [0.5, 0.6) is 11.5 Å². The highest BCUT2D eigenvalue weighted by molar-refractivity contribution is 5.95. The summed E-state index contributed by atoms with van der Waals surface area (Å²) >= 11 is 0. The molecule has 4 aromatic rings. The Labute approximate surface area is 233 Å². The first-order valence-corrected chi connectivity index (χ1v) is 14.0. The van der Waals surface area contributed by atoms with Crippen LogP contribution in [0.1, 0.15) is 48.0 Å². The Bertz CT molecular complexity index is 1530. The molecular weight excluding hydrogens is 509 g/mol. The second-order valence-corrected chi connectivity index (χ2v) is 10.8. The molecule has 1 unspecified atom stereocenters. The quantitative estimate of drug-likeness (QED) is 0.279. The fraction of sp³-hybridized carbons (Fsp3) is 0.375. The van der Waals surface area contributed by atoms with Crippen molar-refractivity contribution in [3.8, 4) is 22.6 Å². The Kier molecular flexibility index (Phi) is 7.19. The number of amides is 1. The van der Waals surface area contributed by atoms with Crippen molar-refractivity contribution in [2.24, 2.45) is 17.6 Å². The van der Waals surface area contributed by atoms with Crippen LogP contribution in [0.2, 0.25) is 0 Å². The monoisotopic (exact) mass is 543 g/mol. The summed E-state index contributed by atoms with van der Waals surface area (Å²) in [7, 11) is 1.66. The lowest BCUT2D eigenvalue weighted by atomic mass is 9.90. The average molecular weight is 544 g/mol. The summed E-state index contributed by atoms with van der Waals surface area (Å²) in [6, 6.07) is 16.3. The molecule has 2 fully saturated rings. The van der Waals surface area contributed by atoms with Crippen molar-refractivity contribution in [2.45, 2.75) is 45.2 Å². The molecule has 208 valence electrons. The van der Waals surface area contributed by atoms with Crippen molar-refractivity contribution in [3.05, 3.63) is 77.4 Å². The van der Waals surface area contributed by atoms with Gasteiger partial charge in [-0.1, -0.05) is 12.1 Å². The number of carbonyl (C=O) groups is 1. The number of benzene rings is 3. The minimum Gasteiger partial charge on any atom is -0.496 e. The zero-order chi connectivity index (χ0) is 27.8. The fourth-order valence-corrected chi connectivity index (χ4v) is 6.68. The van der Waals surface area contributed by atoms with Gasteiger partial charge in [0.25, 0.3) is 0 Å². The topological polar surface area (TPSA) is 90.8 Å². The molecule has 2 heterocycles. The third kappa shape index (κ3) is 5.04. The molecule has 0 spiro atoms. The second kappa shape index (κ2) is 10.9. The number of nitrogens with two attached hydrogens (primary N) is 1. The molecule has 7 nitrogen and oxygen atoms in total. The highest BCUT2D eigenvalue weighted by Crippen LogP contribution is 2.45. The van der Waals surface area contributed by atoms with Crippen LogP contribution in [-0.4, -0.2) is 42.1 Å². The van der Waals surface area contributed by atoms with Gasteiger partial charge >= 0.3 is 0 Å². The lowest BCUT2D eigenvalue weighted by molar-refractivity contribution is 0.100. The number of likely N-dealkylation sites (tertiary alicyclic amines) is 1. The summed E-state index contributed by atoms with van der Waals surface area (Å²) in [4.78, 5) is 18.8. The first-order chi connectivity index (χ1) is 19.4. The lowest BCUT2D eigenvalue weighted by Gasteiger charge is -2.25. The summed E-state index contributed by atoms with van der Waals surface area (Å²) in [5, 5.41) is 0. The number of fused-ring (bicyclic) bond motifs is 2. The predicted octanol–water partition coefficient (Wildman–Crippen LogP) is 5.98. The minimum atomic E-state index is -0.466. The summed E-state index contributed by atoms with van der Waals surface area (Å²) in [6.07, 6.45) is 4.22. The van der Waals surface area contributed by atoms with E-state index in [2.05, 4.69) is 22.0 Å². The molecule has 1 saturated heterocycles. The van der Waals surface area contributed by atoms with Gasteiger partial charge in [-0.2, -0.15) is 0 Å². The number of rotatable bonds is 9. The molecule has 1 aromatic heterocycles. The Morgan fingerprint density at radius 1 is 1.10 bits per heavy atom. The van der Waals surface area contributed by atoms with Crippen LogP contribution in [0.4, 0.5) is 4.39 Å². The zero-order valence-electron chi connectivity index (χ0n) is 22.9. The van der Waals surface area contributed by atoms with E-state index in [-0.39, 0.29) is 5.82 Å². The van der Waals surface area contributed by atoms with Crippen molar-refractivity contribution in [3.63, 3.8) is 0 Å². The number of aromatic nitrogens is 1. The van der Waals surface area contributed by atoms with Crippen LogP contribution in [0, 0.1) is 17.7 Å². The summed E-state index contributed by atoms with van der Waals surface area (Å²) in [6.45, 7) is 4.33. The standard InChI is InChI=1S/C32H34FN3O4/c1-3-39-29-15-19(14-28(38-2)31(29)20-4-8-23(33)9-5-20)18-36-13-12-24-21(6-10-26(24)36)17-30-35-25-16-22(32(34)37)7-11-27(25)40-30/h4-5,7-9,11,14-16,21,24,26H,3,6,10,12-13,17-18H2,1-2H3,(H2,34,37)/t21?,24-,26+/m0/s1. The number of hydrogen-bond donors (Lipinski definition) is 1. The third-order valence-electron chi connectivity index (χ3n) is 8.47. The molecule has 1 aliphatic carbocycles. The number of methoxy groups -OCH3 is 1. The van der Waals surface area contributed by atoms with Crippen molar-refractivity contribution < 1.29 is 23.1 Å². The molecule has 40 heavy (non-hydrogen) atoms. The van der Waals surface area contributed by atoms with Crippen LogP contribution in [0.25, 0.3) is 22.2 Å². The fourth-order valence-electron chi connectivity index (χ4n) is 6.68. The number of nitrogens with zero attached hydrogens (tertiary/aromatic N) is 2. The first-order valence-electron chi connectivity index (χ1n) is 14.0. The molecule has 0 radical (unpaired) electrons. The zero-order valence-corrected chi connectivity index (χ0v) is 22.9. The lowest BCUT2D eigenvalue weighted by Crippen LogP contribution is -2.30. The number of hydrogen-bond acceptors (Lipinski definition) is 6. The van der Waals surface area contributed by atoms with Crippen LogP contribution in [0.3, 0.4) is 0 Å². The van der Waals surface area contributed by atoms with Crippen LogP contribution in [-0.2, 0) is 13.0 Å². The minimum absolute atomic E-state index is 0.274. The van der Waals surface area contributed by atoms with Gasteiger partial charge in [0, 0.05) is 24.6 Å². The molecule has 8 heteroatoms. The molecule has 2 aliphatic rings. The molecule has 0 bridgehead atoms. The second-order valence-electron chi connectivity index (χ2n) is 10.8. The van der Waals surface area contributed by atoms with Crippen molar-refractivity contribution in [1.29, 1.82) is 0 Å². The molecule has 2 N–H and O–H groups in total. The maximum absolute atomic E-state index is 13.6. The largest absolute Gasteiger partial charge is 0.496 e. The summed E-state index contributed by atoms with van der Waals surface area (Å²) < 4.78 is 31.5. The highest BCUT2D eigenvalue weighted by atomic mass is 19.1. The first kappa shape index (κ1) is 26.3. The molecule has 1 saturated carbocycles. The van der Waals surface area contributed by atoms with Crippen molar-refractivity contribution in [2.75, 3.05) is 20.3 Å². The van der Waals surface area contributed by atoms with E-state index in [0.29, 0.717) is 41.1 Å². The van der Waals surface area contributed by atoms with Crippen LogP contribution >= 0.6 is 0 Å². The van der Waals surface area contributed by atoms with Gasteiger partial charge in [0.15, 0.2) is 11.5 Å². The number of carbonyl (C=O) groups excluding carboxylic acids is 1. The summed E-state index contributed by atoms with van der Waals surface area (Å²) in [5.74, 6) is 2.55. The smallest absolute Gasteiger partial charge is 0.248 e. The van der Waals surface area contributed by atoms with Gasteiger partial charge in [-0.05, 0) is 98.2 Å². The normalized spacial score (nSPS) is 20.6. The molecule has 1 aliphatic heterocycles. The van der Waals surface area contributed by atoms with Gasteiger partial charge in [0.1, 0.15) is 22.8 Å². The Hall–Kier alpha value is -3.91. The van der Waals surface area contributed by atoms with E-state index in [9.17, 15) is 9.18 Å². The molecule has 3 atom stereocenters. The van der Waals surface area contributed by atoms with E-state index in [4.69, 9.17) is 19.6 Å². The predicted molar refractivity (Wildman–Crippen MR) is 151 cm³/mol.